The highest BCUT2D eigenvalue weighted by atomic mass is 15.2. The Labute approximate surface area is 100 Å². The molecule has 2 aromatic rings. The number of rotatable bonds is 0. The first kappa shape index (κ1) is 9.59. The van der Waals surface area contributed by atoms with Gasteiger partial charge in [0.25, 0.3) is 0 Å². The SMILES string of the molecule is Cc1ncnc2[nH]c3c(c12)CC1(CC1)N(C)C3. The minimum absolute atomic E-state index is 0.449. The van der Waals surface area contributed by atoms with Crippen molar-refractivity contribution < 1.29 is 0 Å². The summed E-state index contributed by atoms with van der Waals surface area (Å²) >= 11 is 0. The molecule has 1 aliphatic carbocycles. The van der Waals surface area contributed by atoms with E-state index in [4.69, 9.17) is 0 Å². The fourth-order valence-corrected chi connectivity index (χ4v) is 3.20. The number of nitrogens with one attached hydrogen (secondary N) is 1. The van der Waals surface area contributed by atoms with E-state index in [1.165, 1.54) is 29.5 Å². The van der Waals surface area contributed by atoms with Crippen LogP contribution in [0.25, 0.3) is 11.0 Å². The predicted molar refractivity (Wildman–Crippen MR) is 65.8 cm³/mol. The molecule has 2 aromatic heterocycles. The molecule has 17 heavy (non-hydrogen) atoms. The zero-order valence-electron chi connectivity index (χ0n) is 10.2. The lowest BCUT2D eigenvalue weighted by Crippen LogP contribution is -2.39. The summed E-state index contributed by atoms with van der Waals surface area (Å²) in [7, 11) is 2.24. The normalized spacial score (nSPS) is 22.0. The van der Waals surface area contributed by atoms with Gasteiger partial charge in [-0.1, -0.05) is 0 Å². The van der Waals surface area contributed by atoms with Gasteiger partial charge in [-0.2, -0.15) is 0 Å². The smallest absolute Gasteiger partial charge is 0.141 e. The van der Waals surface area contributed by atoms with Crippen molar-refractivity contribution in [2.45, 2.75) is 38.3 Å². The number of hydrogen-bond donors (Lipinski definition) is 1. The maximum Gasteiger partial charge on any atom is 0.141 e. The first-order valence-corrected chi connectivity index (χ1v) is 6.22. The van der Waals surface area contributed by atoms with E-state index in [1.807, 2.05) is 0 Å². The highest BCUT2D eigenvalue weighted by Gasteiger charge is 2.49. The van der Waals surface area contributed by atoms with Crippen LogP contribution in [-0.2, 0) is 13.0 Å². The monoisotopic (exact) mass is 228 g/mol. The van der Waals surface area contributed by atoms with Gasteiger partial charge in [-0.05, 0) is 38.8 Å². The summed E-state index contributed by atoms with van der Waals surface area (Å²) in [6, 6.07) is 0. The van der Waals surface area contributed by atoms with Crippen LogP contribution in [0.5, 0.6) is 0 Å². The van der Waals surface area contributed by atoms with Crippen molar-refractivity contribution in [3.05, 3.63) is 23.3 Å². The summed E-state index contributed by atoms with van der Waals surface area (Å²) in [4.78, 5) is 14.6. The van der Waals surface area contributed by atoms with E-state index in [2.05, 4.69) is 33.8 Å². The third-order valence-electron chi connectivity index (χ3n) is 4.51. The quantitative estimate of drug-likeness (QED) is 0.747. The molecule has 0 atom stereocenters. The maximum absolute atomic E-state index is 4.36. The van der Waals surface area contributed by atoms with E-state index in [9.17, 15) is 0 Å². The Kier molecular flexibility index (Phi) is 1.62. The molecule has 0 amide bonds. The van der Waals surface area contributed by atoms with Crippen molar-refractivity contribution in [3.63, 3.8) is 0 Å². The average molecular weight is 228 g/mol. The molecule has 1 fully saturated rings. The van der Waals surface area contributed by atoms with E-state index >= 15 is 0 Å². The number of H-pyrrole nitrogens is 1. The van der Waals surface area contributed by atoms with Crippen LogP contribution in [0.2, 0.25) is 0 Å². The Balaban J connectivity index is 1.98. The molecular formula is C13H16N4. The Morgan fingerprint density at radius 1 is 1.35 bits per heavy atom. The molecule has 2 aliphatic rings. The fraction of sp³-hybridized carbons (Fsp3) is 0.538. The van der Waals surface area contributed by atoms with Gasteiger partial charge in [-0.25, -0.2) is 9.97 Å². The van der Waals surface area contributed by atoms with E-state index in [-0.39, 0.29) is 0 Å². The summed E-state index contributed by atoms with van der Waals surface area (Å²) < 4.78 is 0. The number of aromatic amines is 1. The lowest BCUT2D eigenvalue weighted by molar-refractivity contribution is 0.193. The fourth-order valence-electron chi connectivity index (χ4n) is 3.20. The van der Waals surface area contributed by atoms with Crippen molar-refractivity contribution in [3.8, 4) is 0 Å². The molecule has 88 valence electrons. The average Bonchev–Trinajstić information content (AvgIpc) is 2.97. The van der Waals surface area contributed by atoms with E-state index in [1.54, 1.807) is 6.33 Å². The third kappa shape index (κ3) is 1.16. The maximum atomic E-state index is 4.36. The third-order valence-corrected chi connectivity index (χ3v) is 4.51. The number of likely N-dealkylation sites (N-methyl/N-ethyl adjacent to an activating group) is 1. The first-order valence-electron chi connectivity index (χ1n) is 6.22. The van der Waals surface area contributed by atoms with Crippen molar-refractivity contribution in [2.24, 2.45) is 0 Å². The summed E-state index contributed by atoms with van der Waals surface area (Å²) in [5, 5.41) is 1.27. The van der Waals surface area contributed by atoms with Gasteiger partial charge in [0.15, 0.2) is 0 Å². The molecule has 0 bridgehead atoms. The molecule has 0 unspecified atom stereocenters. The number of fused-ring (bicyclic) bond motifs is 3. The van der Waals surface area contributed by atoms with Crippen LogP contribution in [-0.4, -0.2) is 32.4 Å². The number of aryl methyl sites for hydroxylation is 1. The Hall–Kier alpha value is -1.42. The lowest BCUT2D eigenvalue weighted by Gasteiger charge is -2.32. The largest absolute Gasteiger partial charge is 0.342 e. The molecule has 1 spiro atoms. The van der Waals surface area contributed by atoms with Gasteiger partial charge < -0.3 is 4.98 Å². The topological polar surface area (TPSA) is 44.8 Å². The highest BCUT2D eigenvalue weighted by molar-refractivity contribution is 5.84. The number of hydrogen-bond acceptors (Lipinski definition) is 3. The van der Waals surface area contributed by atoms with E-state index in [0.29, 0.717) is 5.54 Å². The second kappa shape index (κ2) is 2.88. The molecule has 4 heteroatoms. The lowest BCUT2D eigenvalue weighted by atomic mass is 9.95. The van der Waals surface area contributed by atoms with Crippen LogP contribution in [0, 0.1) is 6.92 Å². The Morgan fingerprint density at radius 3 is 2.94 bits per heavy atom. The Morgan fingerprint density at radius 2 is 2.18 bits per heavy atom. The molecule has 1 saturated carbocycles. The van der Waals surface area contributed by atoms with Crippen LogP contribution in [0.15, 0.2) is 6.33 Å². The second-order valence-corrected chi connectivity index (χ2v) is 5.52. The van der Waals surface area contributed by atoms with Gasteiger partial charge in [-0.15, -0.1) is 0 Å². The van der Waals surface area contributed by atoms with Crippen molar-refractivity contribution in [1.29, 1.82) is 0 Å². The standard InChI is InChI=1S/C13H16N4/c1-8-11-9-5-13(3-4-13)17(2)6-10(9)16-12(11)15-7-14-8/h7H,3-6H2,1-2H3,(H,14,15,16). The van der Waals surface area contributed by atoms with Crippen molar-refractivity contribution >= 4 is 11.0 Å². The second-order valence-electron chi connectivity index (χ2n) is 5.52. The predicted octanol–water partition coefficient (Wildman–Crippen LogP) is 1.79. The summed E-state index contributed by atoms with van der Waals surface area (Å²) in [5.74, 6) is 0. The van der Waals surface area contributed by atoms with Gasteiger partial charge in [0, 0.05) is 23.2 Å². The Bertz CT molecular complexity index is 609. The van der Waals surface area contributed by atoms with Crippen molar-refractivity contribution in [2.75, 3.05) is 7.05 Å². The van der Waals surface area contributed by atoms with Gasteiger partial charge in [0.2, 0.25) is 0 Å². The summed E-state index contributed by atoms with van der Waals surface area (Å²) in [6.45, 7) is 3.10. The van der Waals surface area contributed by atoms with Crippen molar-refractivity contribution in [1.82, 2.24) is 19.9 Å². The molecule has 0 aromatic carbocycles. The molecule has 3 heterocycles. The molecule has 4 rings (SSSR count). The van der Waals surface area contributed by atoms with Gasteiger partial charge in [0.1, 0.15) is 12.0 Å². The van der Waals surface area contributed by atoms with Crippen LogP contribution < -0.4 is 0 Å². The first-order chi connectivity index (χ1) is 8.20. The number of nitrogens with zero attached hydrogens (tertiary/aromatic N) is 3. The molecule has 1 N–H and O–H groups in total. The zero-order chi connectivity index (χ0) is 11.6. The molecule has 0 saturated heterocycles. The zero-order valence-corrected chi connectivity index (χ0v) is 10.2. The summed E-state index contributed by atoms with van der Waals surface area (Å²) in [5.41, 5.74) is 5.36. The van der Waals surface area contributed by atoms with E-state index < -0.39 is 0 Å². The molecule has 0 radical (unpaired) electrons. The minimum atomic E-state index is 0.449. The van der Waals surface area contributed by atoms with Crippen LogP contribution in [0.4, 0.5) is 0 Å². The summed E-state index contributed by atoms with van der Waals surface area (Å²) in [6.07, 6.45) is 5.48. The molecular weight excluding hydrogens is 212 g/mol. The van der Waals surface area contributed by atoms with Crippen LogP contribution in [0.3, 0.4) is 0 Å². The minimum Gasteiger partial charge on any atom is -0.342 e. The van der Waals surface area contributed by atoms with Crippen LogP contribution >= 0.6 is 0 Å². The van der Waals surface area contributed by atoms with Gasteiger partial charge in [0.05, 0.1) is 5.69 Å². The molecule has 4 nitrogen and oxygen atoms in total. The molecule has 1 aliphatic heterocycles. The van der Waals surface area contributed by atoms with Gasteiger partial charge in [-0.3, -0.25) is 4.90 Å². The number of aromatic nitrogens is 3. The van der Waals surface area contributed by atoms with Gasteiger partial charge >= 0.3 is 0 Å². The van der Waals surface area contributed by atoms with Crippen LogP contribution in [0.1, 0.15) is 29.8 Å². The van der Waals surface area contributed by atoms with E-state index in [0.717, 1.165) is 24.3 Å². The highest BCUT2D eigenvalue weighted by Crippen LogP contribution is 2.48.